The van der Waals surface area contributed by atoms with Crippen molar-refractivity contribution in [3.8, 4) is 5.69 Å². The van der Waals surface area contributed by atoms with Crippen molar-refractivity contribution in [1.29, 1.82) is 0 Å². The van der Waals surface area contributed by atoms with Gasteiger partial charge in [-0.1, -0.05) is 25.1 Å². The number of para-hydroxylation sites is 1. The minimum atomic E-state index is 0.191. The van der Waals surface area contributed by atoms with E-state index in [1.165, 1.54) is 5.56 Å². The summed E-state index contributed by atoms with van der Waals surface area (Å²) >= 11 is 0. The lowest BCUT2D eigenvalue weighted by Gasteiger charge is -2.13. The topological polar surface area (TPSA) is 56.7 Å². The molecule has 0 aliphatic carbocycles. The van der Waals surface area contributed by atoms with Crippen LogP contribution in [0.1, 0.15) is 30.6 Å². The average molecular weight is 244 g/mol. The number of hydrogen-bond acceptors (Lipinski definition) is 3. The second kappa shape index (κ2) is 5.31. The zero-order valence-corrected chi connectivity index (χ0v) is 11.2. The number of nitrogens with zero attached hydrogens (tertiary/aromatic N) is 3. The van der Waals surface area contributed by atoms with Gasteiger partial charge in [-0.25, -0.2) is 9.67 Å². The van der Waals surface area contributed by atoms with Crippen molar-refractivity contribution < 1.29 is 0 Å². The van der Waals surface area contributed by atoms with Crippen LogP contribution in [0.15, 0.2) is 24.3 Å². The maximum atomic E-state index is 6.05. The Morgan fingerprint density at radius 3 is 2.61 bits per heavy atom. The molecule has 1 unspecified atom stereocenters. The fraction of sp³-hybridized carbons (Fsp3) is 0.429. The van der Waals surface area contributed by atoms with Gasteiger partial charge in [0, 0.05) is 6.04 Å². The Labute approximate surface area is 108 Å². The van der Waals surface area contributed by atoms with Crippen molar-refractivity contribution in [3.63, 3.8) is 0 Å². The van der Waals surface area contributed by atoms with E-state index in [-0.39, 0.29) is 6.04 Å². The van der Waals surface area contributed by atoms with Gasteiger partial charge in [-0.3, -0.25) is 0 Å². The Hall–Kier alpha value is -1.68. The van der Waals surface area contributed by atoms with Crippen LogP contribution in [-0.4, -0.2) is 20.8 Å². The summed E-state index contributed by atoms with van der Waals surface area (Å²) < 4.78 is 1.90. The predicted molar refractivity (Wildman–Crippen MR) is 72.8 cm³/mol. The van der Waals surface area contributed by atoms with Gasteiger partial charge < -0.3 is 5.73 Å². The van der Waals surface area contributed by atoms with Crippen LogP contribution in [0.2, 0.25) is 0 Å². The lowest BCUT2D eigenvalue weighted by Crippen LogP contribution is -2.22. The van der Waals surface area contributed by atoms with Crippen LogP contribution in [0.3, 0.4) is 0 Å². The number of aryl methyl sites for hydroxylation is 2. The lowest BCUT2D eigenvalue weighted by molar-refractivity contribution is 0.641. The van der Waals surface area contributed by atoms with Crippen LogP contribution >= 0.6 is 0 Å². The Kier molecular flexibility index (Phi) is 3.77. The predicted octanol–water partition coefficient (Wildman–Crippen LogP) is 2.16. The van der Waals surface area contributed by atoms with Crippen LogP contribution in [0.25, 0.3) is 5.69 Å². The van der Waals surface area contributed by atoms with E-state index >= 15 is 0 Å². The van der Waals surface area contributed by atoms with Gasteiger partial charge in [-0.05, 0) is 38.3 Å². The van der Waals surface area contributed by atoms with E-state index in [0.717, 1.165) is 30.2 Å². The summed E-state index contributed by atoms with van der Waals surface area (Å²) in [5.41, 5.74) is 8.35. The molecule has 1 atom stereocenters. The summed E-state index contributed by atoms with van der Waals surface area (Å²) in [5, 5.41) is 4.44. The first-order chi connectivity index (χ1) is 8.61. The maximum Gasteiger partial charge on any atom is 0.148 e. The van der Waals surface area contributed by atoms with Crippen LogP contribution < -0.4 is 5.73 Å². The summed E-state index contributed by atoms with van der Waals surface area (Å²) in [4.78, 5) is 4.35. The molecule has 96 valence electrons. The number of rotatable bonds is 4. The molecular formula is C14H20N4. The molecule has 4 heteroatoms. The molecule has 2 rings (SSSR count). The summed E-state index contributed by atoms with van der Waals surface area (Å²) in [6.07, 6.45) is 1.84. The Morgan fingerprint density at radius 2 is 2.00 bits per heavy atom. The molecule has 0 aliphatic rings. The van der Waals surface area contributed by atoms with Crippen molar-refractivity contribution in [2.45, 2.75) is 39.7 Å². The normalized spacial score (nSPS) is 12.7. The van der Waals surface area contributed by atoms with Crippen LogP contribution in [-0.2, 0) is 6.42 Å². The molecule has 0 bridgehead atoms. The molecule has 0 aliphatic heterocycles. The summed E-state index contributed by atoms with van der Waals surface area (Å²) in [6.45, 7) is 5.98. The summed E-state index contributed by atoms with van der Waals surface area (Å²) in [6, 6.07) is 8.43. The van der Waals surface area contributed by atoms with Gasteiger partial charge in [-0.15, -0.1) is 0 Å². The zero-order chi connectivity index (χ0) is 13.1. The van der Waals surface area contributed by atoms with Gasteiger partial charge >= 0.3 is 0 Å². The third-order valence-electron chi connectivity index (χ3n) is 3.10. The van der Waals surface area contributed by atoms with E-state index in [9.17, 15) is 0 Å². The van der Waals surface area contributed by atoms with Gasteiger partial charge in [-0.2, -0.15) is 5.10 Å². The molecule has 1 heterocycles. The number of nitrogens with two attached hydrogens (primary N) is 1. The smallest absolute Gasteiger partial charge is 0.148 e. The minimum absolute atomic E-state index is 0.191. The highest BCUT2D eigenvalue weighted by Gasteiger charge is 2.11. The minimum Gasteiger partial charge on any atom is -0.327 e. The van der Waals surface area contributed by atoms with Crippen molar-refractivity contribution in [3.05, 3.63) is 41.5 Å². The quantitative estimate of drug-likeness (QED) is 0.896. The SMILES string of the molecule is CCC(N)Cc1ccccc1-n1nc(C)nc1C. The molecule has 1 aromatic heterocycles. The lowest BCUT2D eigenvalue weighted by atomic mass is 10.0. The molecule has 0 saturated carbocycles. The Bertz CT molecular complexity index is 530. The van der Waals surface area contributed by atoms with Gasteiger partial charge in [0.15, 0.2) is 0 Å². The number of benzene rings is 1. The highest BCUT2D eigenvalue weighted by molar-refractivity contribution is 5.41. The van der Waals surface area contributed by atoms with E-state index in [1.807, 2.05) is 30.7 Å². The summed E-state index contributed by atoms with van der Waals surface area (Å²) in [5.74, 6) is 1.70. The highest BCUT2D eigenvalue weighted by Crippen LogP contribution is 2.17. The van der Waals surface area contributed by atoms with Crippen molar-refractivity contribution in [1.82, 2.24) is 14.8 Å². The molecule has 2 aromatic rings. The average Bonchev–Trinajstić information content (AvgIpc) is 2.69. The fourth-order valence-corrected chi connectivity index (χ4v) is 2.07. The Morgan fingerprint density at radius 1 is 1.28 bits per heavy atom. The summed E-state index contributed by atoms with van der Waals surface area (Å²) in [7, 11) is 0. The molecule has 0 spiro atoms. The van der Waals surface area contributed by atoms with Crippen molar-refractivity contribution >= 4 is 0 Å². The van der Waals surface area contributed by atoms with Crippen LogP contribution in [0.5, 0.6) is 0 Å². The monoisotopic (exact) mass is 244 g/mol. The first-order valence-corrected chi connectivity index (χ1v) is 6.36. The third kappa shape index (κ3) is 2.59. The standard InChI is InChI=1S/C14H20N4/c1-4-13(15)9-12-7-5-6-8-14(12)18-11(3)16-10(2)17-18/h5-8,13H,4,9,15H2,1-3H3. The molecule has 0 fully saturated rings. The molecule has 0 saturated heterocycles. The molecule has 2 N–H and O–H groups in total. The van der Waals surface area contributed by atoms with E-state index in [4.69, 9.17) is 5.73 Å². The molecule has 18 heavy (non-hydrogen) atoms. The van der Waals surface area contributed by atoms with Crippen LogP contribution in [0, 0.1) is 13.8 Å². The van der Waals surface area contributed by atoms with Gasteiger partial charge in [0.25, 0.3) is 0 Å². The molecular weight excluding hydrogens is 224 g/mol. The molecule has 1 aromatic carbocycles. The molecule has 0 amide bonds. The molecule has 4 nitrogen and oxygen atoms in total. The second-order valence-electron chi connectivity index (χ2n) is 4.62. The largest absolute Gasteiger partial charge is 0.327 e. The van der Waals surface area contributed by atoms with Gasteiger partial charge in [0.2, 0.25) is 0 Å². The van der Waals surface area contributed by atoms with E-state index in [2.05, 4.69) is 29.1 Å². The molecule has 0 radical (unpaired) electrons. The highest BCUT2D eigenvalue weighted by atomic mass is 15.3. The first kappa shape index (κ1) is 12.8. The second-order valence-corrected chi connectivity index (χ2v) is 4.62. The third-order valence-corrected chi connectivity index (χ3v) is 3.10. The number of aromatic nitrogens is 3. The van der Waals surface area contributed by atoms with E-state index in [1.54, 1.807) is 0 Å². The van der Waals surface area contributed by atoms with Gasteiger partial charge in [0.05, 0.1) is 5.69 Å². The van der Waals surface area contributed by atoms with Crippen molar-refractivity contribution in [2.24, 2.45) is 5.73 Å². The van der Waals surface area contributed by atoms with Crippen molar-refractivity contribution in [2.75, 3.05) is 0 Å². The zero-order valence-electron chi connectivity index (χ0n) is 11.2. The maximum absolute atomic E-state index is 6.05. The Balaban J connectivity index is 2.41. The first-order valence-electron chi connectivity index (χ1n) is 6.36. The van der Waals surface area contributed by atoms with E-state index < -0.39 is 0 Å². The fourth-order valence-electron chi connectivity index (χ4n) is 2.07. The van der Waals surface area contributed by atoms with E-state index in [0.29, 0.717) is 0 Å². The van der Waals surface area contributed by atoms with Crippen LogP contribution in [0.4, 0.5) is 0 Å². The van der Waals surface area contributed by atoms with Gasteiger partial charge in [0.1, 0.15) is 11.6 Å². The number of hydrogen-bond donors (Lipinski definition) is 1.